The monoisotopic (exact) mass is 414 g/mol. The Balaban J connectivity index is 1.89. The predicted octanol–water partition coefficient (Wildman–Crippen LogP) is 4.73. The van der Waals surface area contributed by atoms with E-state index in [0.29, 0.717) is 16.4 Å². The second-order valence-corrected chi connectivity index (χ2v) is 8.58. The highest BCUT2D eigenvalue weighted by Crippen LogP contribution is 2.25. The molecular formula is C21H19ClN2O3S. The van der Waals surface area contributed by atoms with Crippen LogP contribution in [0.2, 0.25) is 5.02 Å². The van der Waals surface area contributed by atoms with Crippen molar-refractivity contribution in [1.82, 2.24) is 0 Å². The molecule has 0 radical (unpaired) electrons. The Morgan fingerprint density at radius 3 is 2.36 bits per heavy atom. The van der Waals surface area contributed by atoms with Gasteiger partial charge in [0.25, 0.3) is 15.9 Å². The largest absolute Gasteiger partial charge is 0.322 e. The van der Waals surface area contributed by atoms with Crippen LogP contribution in [0.15, 0.2) is 77.7 Å². The third-order valence-electron chi connectivity index (χ3n) is 4.39. The minimum Gasteiger partial charge on any atom is -0.322 e. The number of hydrogen-bond acceptors (Lipinski definition) is 3. The lowest BCUT2D eigenvalue weighted by Gasteiger charge is -2.19. The summed E-state index contributed by atoms with van der Waals surface area (Å²) in [6.45, 7) is 1.80. The molecule has 0 fully saturated rings. The Bertz CT molecular complexity index is 1120. The van der Waals surface area contributed by atoms with Crippen LogP contribution in [0.4, 0.5) is 11.4 Å². The lowest BCUT2D eigenvalue weighted by Crippen LogP contribution is -2.26. The molecule has 1 amide bonds. The number of carbonyl (C=O) groups is 1. The SMILES string of the molecule is Cc1c(Cl)cccc1NC(=O)c1cccc(S(=O)(=O)N(C)c2ccccc2)c1. The number of rotatable bonds is 5. The average molecular weight is 415 g/mol. The van der Waals surface area contributed by atoms with Gasteiger partial charge < -0.3 is 5.32 Å². The zero-order valence-electron chi connectivity index (χ0n) is 15.4. The number of sulfonamides is 1. The first kappa shape index (κ1) is 19.9. The van der Waals surface area contributed by atoms with Crippen LogP contribution in [0.5, 0.6) is 0 Å². The molecule has 7 heteroatoms. The second kappa shape index (κ2) is 8.04. The van der Waals surface area contributed by atoms with Crippen molar-refractivity contribution >= 4 is 38.9 Å². The molecule has 3 aromatic rings. The average Bonchev–Trinajstić information content (AvgIpc) is 2.71. The van der Waals surface area contributed by atoms with Crippen LogP contribution in [0.25, 0.3) is 0 Å². The lowest BCUT2D eigenvalue weighted by molar-refractivity contribution is 0.102. The van der Waals surface area contributed by atoms with Gasteiger partial charge in [0.1, 0.15) is 0 Å². The van der Waals surface area contributed by atoms with E-state index in [1.807, 2.05) is 6.07 Å². The van der Waals surface area contributed by atoms with Gasteiger partial charge in [0, 0.05) is 23.3 Å². The molecule has 0 aliphatic rings. The van der Waals surface area contributed by atoms with Gasteiger partial charge in [0.05, 0.1) is 10.6 Å². The van der Waals surface area contributed by atoms with E-state index in [4.69, 9.17) is 11.6 Å². The van der Waals surface area contributed by atoms with Crippen LogP contribution in [0, 0.1) is 6.92 Å². The van der Waals surface area contributed by atoms with E-state index in [9.17, 15) is 13.2 Å². The van der Waals surface area contributed by atoms with Crippen molar-refractivity contribution in [3.8, 4) is 0 Å². The van der Waals surface area contributed by atoms with E-state index in [1.54, 1.807) is 61.5 Å². The fourth-order valence-corrected chi connectivity index (χ4v) is 4.09. The molecule has 144 valence electrons. The minimum absolute atomic E-state index is 0.0364. The number of amides is 1. The molecule has 0 saturated heterocycles. The molecule has 5 nitrogen and oxygen atoms in total. The van der Waals surface area contributed by atoms with Gasteiger partial charge in [-0.3, -0.25) is 9.10 Å². The first-order chi connectivity index (χ1) is 13.3. The zero-order chi connectivity index (χ0) is 20.3. The van der Waals surface area contributed by atoms with Crippen molar-refractivity contribution in [2.75, 3.05) is 16.7 Å². The number of nitrogens with one attached hydrogen (secondary N) is 1. The van der Waals surface area contributed by atoms with Gasteiger partial charge in [-0.15, -0.1) is 0 Å². The summed E-state index contributed by atoms with van der Waals surface area (Å²) in [7, 11) is -2.32. The maximum atomic E-state index is 12.9. The quantitative estimate of drug-likeness (QED) is 0.656. The molecule has 0 aliphatic heterocycles. The summed E-state index contributed by atoms with van der Waals surface area (Å²) in [5.74, 6) is -0.412. The molecule has 0 atom stereocenters. The number of halogens is 1. The summed E-state index contributed by atoms with van der Waals surface area (Å²) in [6, 6.07) is 19.9. The van der Waals surface area contributed by atoms with E-state index >= 15 is 0 Å². The normalized spacial score (nSPS) is 11.1. The van der Waals surface area contributed by atoms with Crippen LogP contribution < -0.4 is 9.62 Å². The van der Waals surface area contributed by atoms with E-state index in [-0.39, 0.29) is 10.5 Å². The summed E-state index contributed by atoms with van der Waals surface area (Å²) in [5, 5.41) is 3.32. The maximum Gasteiger partial charge on any atom is 0.264 e. The van der Waals surface area contributed by atoms with E-state index in [1.165, 1.54) is 23.5 Å². The molecule has 0 spiro atoms. The Kier molecular flexibility index (Phi) is 5.72. The third-order valence-corrected chi connectivity index (χ3v) is 6.58. The van der Waals surface area contributed by atoms with Gasteiger partial charge in [0.15, 0.2) is 0 Å². The van der Waals surface area contributed by atoms with Crippen molar-refractivity contribution in [3.05, 3.63) is 88.9 Å². The van der Waals surface area contributed by atoms with Crippen molar-refractivity contribution in [2.24, 2.45) is 0 Å². The van der Waals surface area contributed by atoms with Gasteiger partial charge in [-0.05, 0) is 55.0 Å². The topological polar surface area (TPSA) is 66.5 Å². The van der Waals surface area contributed by atoms with Crippen molar-refractivity contribution in [2.45, 2.75) is 11.8 Å². The highest BCUT2D eigenvalue weighted by atomic mass is 35.5. The fourth-order valence-electron chi connectivity index (χ4n) is 2.67. The molecule has 0 aliphatic carbocycles. The highest BCUT2D eigenvalue weighted by Gasteiger charge is 2.22. The first-order valence-corrected chi connectivity index (χ1v) is 10.3. The van der Waals surface area contributed by atoms with Gasteiger partial charge >= 0.3 is 0 Å². The molecule has 1 N–H and O–H groups in total. The van der Waals surface area contributed by atoms with Crippen LogP contribution in [0.3, 0.4) is 0 Å². The zero-order valence-corrected chi connectivity index (χ0v) is 17.0. The molecule has 3 rings (SSSR count). The summed E-state index contributed by atoms with van der Waals surface area (Å²) in [6.07, 6.45) is 0. The van der Waals surface area contributed by atoms with Crippen molar-refractivity contribution < 1.29 is 13.2 Å². The standard InChI is InChI=1S/C21H19ClN2O3S/c1-15-19(22)12-7-13-20(15)23-21(25)16-8-6-11-18(14-16)28(26,27)24(2)17-9-4-3-5-10-17/h3-14H,1-2H3,(H,23,25). The van der Waals surface area contributed by atoms with Crippen LogP contribution in [-0.2, 0) is 10.0 Å². The molecular weight excluding hydrogens is 396 g/mol. The van der Waals surface area contributed by atoms with E-state index in [0.717, 1.165) is 5.56 Å². The third kappa shape index (κ3) is 4.03. The molecule has 0 unspecified atom stereocenters. The number of nitrogens with zero attached hydrogens (tertiary/aromatic N) is 1. The summed E-state index contributed by atoms with van der Waals surface area (Å²) in [5.41, 5.74) is 2.09. The van der Waals surface area contributed by atoms with Crippen molar-refractivity contribution in [3.63, 3.8) is 0 Å². The Morgan fingerprint density at radius 2 is 1.64 bits per heavy atom. The number of carbonyl (C=O) groups excluding carboxylic acids is 1. The predicted molar refractivity (Wildman–Crippen MR) is 113 cm³/mol. The maximum absolute atomic E-state index is 12.9. The van der Waals surface area contributed by atoms with Gasteiger partial charge in [-0.1, -0.05) is 41.9 Å². The fraction of sp³-hybridized carbons (Fsp3) is 0.0952. The summed E-state index contributed by atoms with van der Waals surface area (Å²) < 4.78 is 27.1. The summed E-state index contributed by atoms with van der Waals surface area (Å²) in [4.78, 5) is 12.7. The van der Waals surface area contributed by atoms with Gasteiger partial charge in [0.2, 0.25) is 0 Å². The highest BCUT2D eigenvalue weighted by molar-refractivity contribution is 7.92. The molecule has 0 bridgehead atoms. The second-order valence-electron chi connectivity index (χ2n) is 6.20. The minimum atomic E-state index is -3.80. The van der Waals surface area contributed by atoms with Crippen LogP contribution in [-0.4, -0.2) is 21.4 Å². The lowest BCUT2D eigenvalue weighted by atomic mass is 10.1. The van der Waals surface area contributed by atoms with Crippen LogP contribution in [0.1, 0.15) is 15.9 Å². The number of anilines is 2. The first-order valence-electron chi connectivity index (χ1n) is 8.51. The Hall–Kier alpha value is -2.83. The molecule has 0 saturated carbocycles. The van der Waals surface area contributed by atoms with Crippen molar-refractivity contribution in [1.29, 1.82) is 0 Å². The number of benzene rings is 3. The van der Waals surface area contributed by atoms with E-state index in [2.05, 4.69) is 5.32 Å². The van der Waals surface area contributed by atoms with Crippen LogP contribution >= 0.6 is 11.6 Å². The summed E-state index contributed by atoms with van der Waals surface area (Å²) >= 11 is 6.09. The number of hydrogen-bond donors (Lipinski definition) is 1. The molecule has 0 aromatic heterocycles. The molecule has 3 aromatic carbocycles. The number of para-hydroxylation sites is 1. The Labute approximate surface area is 169 Å². The smallest absolute Gasteiger partial charge is 0.264 e. The Morgan fingerprint density at radius 1 is 0.964 bits per heavy atom. The molecule has 0 heterocycles. The van der Waals surface area contributed by atoms with E-state index < -0.39 is 15.9 Å². The van der Waals surface area contributed by atoms with Gasteiger partial charge in [-0.2, -0.15) is 0 Å². The van der Waals surface area contributed by atoms with Gasteiger partial charge in [-0.25, -0.2) is 8.42 Å². The molecule has 28 heavy (non-hydrogen) atoms.